The lowest BCUT2D eigenvalue weighted by Crippen LogP contribution is -2.13. The van der Waals surface area contributed by atoms with Gasteiger partial charge in [0.2, 0.25) is 0 Å². The first-order valence-corrected chi connectivity index (χ1v) is 9.62. The molecule has 1 aromatic heterocycles. The Morgan fingerprint density at radius 2 is 1.93 bits per heavy atom. The Morgan fingerprint density at radius 1 is 1.17 bits per heavy atom. The van der Waals surface area contributed by atoms with E-state index < -0.39 is 10.8 Å². The SMILES string of the molecule is Cc1ccc(NC(=O)/C(C#N)=C/c2ccc(-c3ccc([N+](=O)[O-])cc3Br)o2)cc1C. The fourth-order valence-electron chi connectivity index (χ4n) is 2.70. The number of hydrogen-bond donors (Lipinski definition) is 1. The van der Waals surface area contributed by atoms with Crippen molar-refractivity contribution in [3.63, 3.8) is 0 Å². The minimum atomic E-state index is -0.546. The second-order valence-electron chi connectivity index (χ2n) is 6.55. The summed E-state index contributed by atoms with van der Waals surface area (Å²) < 4.78 is 6.21. The molecule has 1 heterocycles. The number of halogens is 1. The van der Waals surface area contributed by atoms with Crippen molar-refractivity contribution in [2.75, 3.05) is 5.32 Å². The number of nitro benzene ring substituents is 1. The second-order valence-corrected chi connectivity index (χ2v) is 7.40. The number of furan rings is 1. The van der Waals surface area contributed by atoms with Crippen LogP contribution in [0.4, 0.5) is 11.4 Å². The van der Waals surface area contributed by atoms with Gasteiger partial charge in [0.15, 0.2) is 0 Å². The molecule has 1 N–H and O–H groups in total. The van der Waals surface area contributed by atoms with Crippen LogP contribution in [0.1, 0.15) is 16.9 Å². The molecule has 3 rings (SSSR count). The molecular weight excluding hydrogens is 450 g/mol. The van der Waals surface area contributed by atoms with E-state index in [1.54, 1.807) is 24.3 Å². The van der Waals surface area contributed by atoms with Crippen molar-refractivity contribution in [3.8, 4) is 17.4 Å². The molecule has 2 aromatic carbocycles. The van der Waals surface area contributed by atoms with Crippen LogP contribution in [-0.2, 0) is 4.79 Å². The normalized spacial score (nSPS) is 11.1. The highest BCUT2D eigenvalue weighted by Gasteiger charge is 2.15. The van der Waals surface area contributed by atoms with Gasteiger partial charge in [-0.05, 0) is 71.2 Å². The largest absolute Gasteiger partial charge is 0.457 e. The van der Waals surface area contributed by atoms with Gasteiger partial charge in [-0.2, -0.15) is 5.26 Å². The molecule has 0 saturated carbocycles. The van der Waals surface area contributed by atoms with E-state index in [1.165, 1.54) is 18.2 Å². The van der Waals surface area contributed by atoms with Gasteiger partial charge in [0.1, 0.15) is 23.2 Å². The molecule has 8 heteroatoms. The van der Waals surface area contributed by atoms with Gasteiger partial charge < -0.3 is 9.73 Å². The van der Waals surface area contributed by atoms with Gasteiger partial charge in [-0.1, -0.05) is 6.07 Å². The third-order valence-corrected chi connectivity index (χ3v) is 5.13. The lowest BCUT2D eigenvalue weighted by molar-refractivity contribution is -0.384. The molecule has 0 fully saturated rings. The number of amides is 1. The average molecular weight is 466 g/mol. The molecule has 0 saturated heterocycles. The van der Waals surface area contributed by atoms with Gasteiger partial charge >= 0.3 is 0 Å². The van der Waals surface area contributed by atoms with E-state index in [9.17, 15) is 20.2 Å². The van der Waals surface area contributed by atoms with Crippen molar-refractivity contribution >= 4 is 39.3 Å². The smallest absolute Gasteiger partial charge is 0.270 e. The van der Waals surface area contributed by atoms with E-state index in [4.69, 9.17) is 4.42 Å². The molecule has 0 bridgehead atoms. The third-order valence-electron chi connectivity index (χ3n) is 4.47. The highest BCUT2D eigenvalue weighted by atomic mass is 79.9. The molecule has 30 heavy (non-hydrogen) atoms. The van der Waals surface area contributed by atoms with E-state index in [0.717, 1.165) is 11.1 Å². The maximum absolute atomic E-state index is 12.5. The van der Waals surface area contributed by atoms with E-state index in [-0.39, 0.29) is 11.3 Å². The Hall–Kier alpha value is -3.70. The zero-order chi connectivity index (χ0) is 21.8. The minimum Gasteiger partial charge on any atom is -0.457 e. The molecule has 0 atom stereocenters. The van der Waals surface area contributed by atoms with Crippen molar-refractivity contribution in [1.29, 1.82) is 5.26 Å². The summed E-state index contributed by atoms with van der Waals surface area (Å²) in [6.07, 6.45) is 1.35. The first-order valence-electron chi connectivity index (χ1n) is 8.83. The van der Waals surface area contributed by atoms with Crippen LogP contribution >= 0.6 is 15.9 Å². The summed E-state index contributed by atoms with van der Waals surface area (Å²) in [4.78, 5) is 22.8. The number of nitro groups is 1. The van der Waals surface area contributed by atoms with Gasteiger partial charge in [0.05, 0.1) is 4.92 Å². The van der Waals surface area contributed by atoms with Gasteiger partial charge in [-0.3, -0.25) is 14.9 Å². The number of carbonyl (C=O) groups excluding carboxylic acids is 1. The minimum absolute atomic E-state index is 0.0490. The Kier molecular flexibility index (Phi) is 6.14. The number of nitrogens with zero attached hydrogens (tertiary/aromatic N) is 2. The summed E-state index contributed by atoms with van der Waals surface area (Å²) in [6, 6.07) is 15.0. The number of nitriles is 1. The highest BCUT2D eigenvalue weighted by Crippen LogP contribution is 2.33. The quantitative estimate of drug-likeness (QED) is 0.222. The third kappa shape index (κ3) is 4.64. The molecule has 0 aliphatic rings. The number of rotatable bonds is 5. The van der Waals surface area contributed by atoms with Crippen LogP contribution in [0.5, 0.6) is 0 Å². The van der Waals surface area contributed by atoms with E-state index in [1.807, 2.05) is 32.0 Å². The fourth-order valence-corrected chi connectivity index (χ4v) is 3.26. The molecule has 0 radical (unpaired) electrons. The van der Waals surface area contributed by atoms with Gasteiger partial charge in [0, 0.05) is 33.9 Å². The Labute approximate surface area is 180 Å². The molecule has 0 aliphatic heterocycles. The molecule has 0 aliphatic carbocycles. The first kappa shape index (κ1) is 21.0. The Bertz CT molecular complexity index is 1220. The first-order chi connectivity index (χ1) is 14.3. The summed E-state index contributed by atoms with van der Waals surface area (Å²) in [6.45, 7) is 3.91. The average Bonchev–Trinajstić information content (AvgIpc) is 3.17. The number of nitrogens with one attached hydrogen (secondary N) is 1. The Balaban J connectivity index is 1.83. The molecular formula is C22H16BrN3O4. The van der Waals surface area contributed by atoms with Crippen LogP contribution in [0.2, 0.25) is 0 Å². The molecule has 1 amide bonds. The van der Waals surface area contributed by atoms with Crippen molar-refractivity contribution in [1.82, 2.24) is 0 Å². The maximum atomic E-state index is 12.5. The number of carbonyl (C=O) groups is 1. The van der Waals surface area contributed by atoms with Gasteiger partial charge in [-0.25, -0.2) is 0 Å². The molecule has 0 spiro atoms. The predicted octanol–water partition coefficient (Wildman–Crippen LogP) is 5.78. The second kappa shape index (κ2) is 8.76. The molecule has 7 nitrogen and oxygen atoms in total. The van der Waals surface area contributed by atoms with E-state index in [2.05, 4.69) is 21.2 Å². The number of benzene rings is 2. The predicted molar refractivity (Wildman–Crippen MR) is 117 cm³/mol. The summed E-state index contributed by atoms with van der Waals surface area (Å²) >= 11 is 3.30. The van der Waals surface area contributed by atoms with Crippen LogP contribution in [-0.4, -0.2) is 10.8 Å². The molecule has 150 valence electrons. The van der Waals surface area contributed by atoms with Crippen LogP contribution in [0.3, 0.4) is 0 Å². The number of non-ortho nitro benzene ring substituents is 1. The van der Waals surface area contributed by atoms with Gasteiger partial charge in [-0.15, -0.1) is 0 Å². The van der Waals surface area contributed by atoms with Gasteiger partial charge in [0.25, 0.3) is 11.6 Å². The number of anilines is 1. The lowest BCUT2D eigenvalue weighted by atomic mass is 10.1. The summed E-state index contributed by atoms with van der Waals surface area (Å²) in [5, 5.41) is 23.0. The topological polar surface area (TPSA) is 109 Å². The van der Waals surface area contributed by atoms with Crippen molar-refractivity contribution in [3.05, 3.63) is 85.6 Å². The van der Waals surface area contributed by atoms with Crippen molar-refractivity contribution in [2.24, 2.45) is 0 Å². The molecule has 0 unspecified atom stereocenters. The number of hydrogen-bond acceptors (Lipinski definition) is 5. The monoisotopic (exact) mass is 465 g/mol. The maximum Gasteiger partial charge on any atom is 0.270 e. The van der Waals surface area contributed by atoms with E-state index in [0.29, 0.717) is 27.2 Å². The lowest BCUT2D eigenvalue weighted by Gasteiger charge is -2.06. The number of aryl methyl sites for hydroxylation is 2. The van der Waals surface area contributed by atoms with Crippen LogP contribution < -0.4 is 5.32 Å². The summed E-state index contributed by atoms with van der Waals surface area (Å²) in [7, 11) is 0. The van der Waals surface area contributed by atoms with Crippen LogP contribution in [0.15, 0.2) is 63.0 Å². The molecule has 3 aromatic rings. The van der Waals surface area contributed by atoms with Crippen molar-refractivity contribution in [2.45, 2.75) is 13.8 Å². The van der Waals surface area contributed by atoms with Crippen LogP contribution in [0.25, 0.3) is 17.4 Å². The van der Waals surface area contributed by atoms with Crippen LogP contribution in [0, 0.1) is 35.3 Å². The zero-order valence-corrected chi connectivity index (χ0v) is 17.7. The van der Waals surface area contributed by atoms with E-state index >= 15 is 0 Å². The standard InChI is InChI=1S/C22H16BrN3O4/c1-13-3-4-16(9-14(13)2)25-22(27)15(12-24)10-18-6-8-21(30-18)19-7-5-17(26(28)29)11-20(19)23/h3-11H,1-2H3,(H,25,27)/b15-10+. The highest BCUT2D eigenvalue weighted by molar-refractivity contribution is 9.10. The Morgan fingerprint density at radius 3 is 2.57 bits per heavy atom. The summed E-state index contributed by atoms with van der Waals surface area (Å²) in [5.74, 6) is 0.201. The van der Waals surface area contributed by atoms with Crippen molar-refractivity contribution < 1.29 is 14.1 Å². The fraction of sp³-hybridized carbons (Fsp3) is 0.0909. The zero-order valence-electron chi connectivity index (χ0n) is 16.1. The summed E-state index contributed by atoms with van der Waals surface area (Å²) in [5.41, 5.74) is 3.17.